The van der Waals surface area contributed by atoms with Gasteiger partial charge in [-0.2, -0.15) is 0 Å². The first-order chi connectivity index (χ1) is 8.02. The highest BCUT2D eigenvalue weighted by atomic mass is 16.3. The molecule has 17 heavy (non-hydrogen) atoms. The quantitative estimate of drug-likeness (QED) is 0.565. The number of hydrogen-bond donors (Lipinski definition) is 4. The van der Waals surface area contributed by atoms with E-state index in [4.69, 9.17) is 0 Å². The zero-order valence-electron chi connectivity index (χ0n) is 9.57. The Morgan fingerprint density at radius 3 is 2.00 bits per heavy atom. The van der Waals surface area contributed by atoms with Gasteiger partial charge in [-0.25, -0.2) is 0 Å². The molecule has 6 nitrogen and oxygen atoms in total. The van der Waals surface area contributed by atoms with Gasteiger partial charge in [0, 0.05) is 13.6 Å². The van der Waals surface area contributed by atoms with Gasteiger partial charge in [0.1, 0.15) is 0 Å². The fourth-order valence-electron chi connectivity index (χ4n) is 1.34. The van der Waals surface area contributed by atoms with E-state index in [9.17, 15) is 19.8 Å². The normalized spacial score (nSPS) is 9.76. The highest BCUT2D eigenvalue weighted by Crippen LogP contribution is 2.32. The standard InChI is InChI=1S/C11H14N2O4/c1-3-13-11(17)7-5-4-6(10(16)12-2)8(14)9(7)15/h4-5,14-15H,3H2,1-2H3,(H,12,16)(H,13,17). The minimum absolute atomic E-state index is 0.0722. The van der Waals surface area contributed by atoms with Crippen LogP contribution >= 0.6 is 0 Å². The molecule has 0 bridgehead atoms. The van der Waals surface area contributed by atoms with Crippen LogP contribution in [0.3, 0.4) is 0 Å². The number of phenols is 2. The van der Waals surface area contributed by atoms with Crippen LogP contribution in [0.25, 0.3) is 0 Å². The van der Waals surface area contributed by atoms with Crippen molar-refractivity contribution < 1.29 is 19.8 Å². The molecule has 0 fully saturated rings. The van der Waals surface area contributed by atoms with Crippen LogP contribution in [-0.2, 0) is 0 Å². The Morgan fingerprint density at radius 1 is 1.12 bits per heavy atom. The zero-order chi connectivity index (χ0) is 13.0. The minimum atomic E-state index is -0.604. The number of benzene rings is 1. The van der Waals surface area contributed by atoms with Crippen LogP contribution in [0.2, 0.25) is 0 Å². The van der Waals surface area contributed by atoms with Crippen LogP contribution in [0.1, 0.15) is 27.6 Å². The van der Waals surface area contributed by atoms with Gasteiger partial charge in [-0.15, -0.1) is 0 Å². The molecule has 0 saturated heterocycles. The fraction of sp³-hybridized carbons (Fsp3) is 0.273. The van der Waals surface area contributed by atoms with Crippen LogP contribution in [0, 0.1) is 0 Å². The maximum absolute atomic E-state index is 11.5. The summed E-state index contributed by atoms with van der Waals surface area (Å²) in [6.45, 7) is 2.13. The molecular formula is C11H14N2O4. The molecule has 0 aliphatic heterocycles. The first kappa shape index (κ1) is 12.8. The van der Waals surface area contributed by atoms with Crippen molar-refractivity contribution in [1.82, 2.24) is 10.6 Å². The third kappa shape index (κ3) is 2.47. The van der Waals surface area contributed by atoms with Crippen molar-refractivity contribution in [2.45, 2.75) is 6.92 Å². The van der Waals surface area contributed by atoms with Gasteiger partial charge in [0.05, 0.1) is 11.1 Å². The lowest BCUT2D eigenvalue weighted by Crippen LogP contribution is -2.23. The van der Waals surface area contributed by atoms with Crippen molar-refractivity contribution in [3.8, 4) is 11.5 Å². The smallest absolute Gasteiger partial charge is 0.255 e. The number of carbonyl (C=O) groups is 2. The Morgan fingerprint density at radius 2 is 1.59 bits per heavy atom. The number of phenolic OH excluding ortho intramolecular Hbond substituents is 2. The summed E-state index contributed by atoms with van der Waals surface area (Å²) >= 11 is 0. The summed E-state index contributed by atoms with van der Waals surface area (Å²) < 4.78 is 0. The molecule has 0 unspecified atom stereocenters. The summed E-state index contributed by atoms with van der Waals surface area (Å²) in [5.74, 6) is -2.26. The highest BCUT2D eigenvalue weighted by molar-refractivity contribution is 6.02. The molecule has 0 aliphatic rings. The lowest BCUT2D eigenvalue weighted by Gasteiger charge is -2.09. The van der Waals surface area contributed by atoms with E-state index in [1.54, 1.807) is 6.92 Å². The van der Waals surface area contributed by atoms with Crippen molar-refractivity contribution in [3.63, 3.8) is 0 Å². The van der Waals surface area contributed by atoms with Gasteiger partial charge in [0.25, 0.3) is 11.8 Å². The summed E-state index contributed by atoms with van der Waals surface area (Å²) in [7, 11) is 1.40. The van der Waals surface area contributed by atoms with Gasteiger partial charge in [-0.3, -0.25) is 9.59 Å². The van der Waals surface area contributed by atoms with Crippen LogP contribution in [-0.4, -0.2) is 35.6 Å². The first-order valence-corrected chi connectivity index (χ1v) is 5.08. The fourth-order valence-corrected chi connectivity index (χ4v) is 1.34. The van der Waals surface area contributed by atoms with Gasteiger partial charge < -0.3 is 20.8 Å². The van der Waals surface area contributed by atoms with Crippen LogP contribution in [0.5, 0.6) is 11.5 Å². The van der Waals surface area contributed by atoms with E-state index in [1.165, 1.54) is 19.2 Å². The molecule has 2 amide bonds. The predicted molar refractivity (Wildman–Crippen MR) is 61.2 cm³/mol. The molecule has 0 heterocycles. The molecule has 0 atom stereocenters. The number of nitrogens with one attached hydrogen (secondary N) is 2. The van der Waals surface area contributed by atoms with Crippen molar-refractivity contribution in [2.24, 2.45) is 0 Å². The molecule has 0 radical (unpaired) electrons. The second-order valence-corrected chi connectivity index (χ2v) is 3.30. The molecule has 1 rings (SSSR count). The van der Waals surface area contributed by atoms with Crippen LogP contribution in [0.4, 0.5) is 0 Å². The molecule has 4 N–H and O–H groups in total. The highest BCUT2D eigenvalue weighted by Gasteiger charge is 2.19. The lowest BCUT2D eigenvalue weighted by molar-refractivity contribution is 0.0941. The van der Waals surface area contributed by atoms with Crippen LogP contribution in [0.15, 0.2) is 12.1 Å². The Hall–Kier alpha value is -2.24. The Labute approximate surface area is 98.3 Å². The van der Waals surface area contributed by atoms with Gasteiger partial charge in [-0.1, -0.05) is 0 Å². The van der Waals surface area contributed by atoms with Crippen molar-refractivity contribution in [3.05, 3.63) is 23.3 Å². The zero-order valence-corrected chi connectivity index (χ0v) is 9.57. The lowest BCUT2D eigenvalue weighted by atomic mass is 10.1. The SMILES string of the molecule is CCNC(=O)c1ccc(C(=O)NC)c(O)c1O. The maximum atomic E-state index is 11.5. The van der Waals surface area contributed by atoms with Crippen molar-refractivity contribution in [2.75, 3.05) is 13.6 Å². The van der Waals surface area contributed by atoms with E-state index >= 15 is 0 Å². The molecule has 0 aromatic heterocycles. The largest absolute Gasteiger partial charge is 0.504 e. The van der Waals surface area contributed by atoms with E-state index < -0.39 is 23.3 Å². The molecule has 0 spiro atoms. The van der Waals surface area contributed by atoms with Gasteiger partial charge in [0.2, 0.25) is 0 Å². The molecule has 0 aliphatic carbocycles. The summed E-state index contributed by atoms with van der Waals surface area (Å²) in [6, 6.07) is 2.56. The van der Waals surface area contributed by atoms with Gasteiger partial charge in [-0.05, 0) is 19.1 Å². The maximum Gasteiger partial charge on any atom is 0.255 e. The number of aromatic hydroxyl groups is 2. The van der Waals surface area contributed by atoms with Gasteiger partial charge in [0.15, 0.2) is 11.5 Å². The third-order valence-corrected chi connectivity index (χ3v) is 2.20. The number of carbonyl (C=O) groups excluding carboxylic acids is 2. The Kier molecular flexibility index (Phi) is 3.92. The summed E-state index contributed by atoms with van der Waals surface area (Å²) in [5, 5.41) is 24.0. The molecule has 92 valence electrons. The number of amides is 2. The summed E-state index contributed by atoms with van der Waals surface area (Å²) in [5.41, 5.74) is -0.157. The topological polar surface area (TPSA) is 98.7 Å². The molecule has 0 saturated carbocycles. The van der Waals surface area contributed by atoms with E-state index in [0.29, 0.717) is 6.54 Å². The average molecular weight is 238 g/mol. The average Bonchev–Trinajstić information content (AvgIpc) is 2.31. The second-order valence-electron chi connectivity index (χ2n) is 3.30. The Balaban J connectivity index is 3.19. The molecular weight excluding hydrogens is 224 g/mol. The monoisotopic (exact) mass is 238 g/mol. The third-order valence-electron chi connectivity index (χ3n) is 2.20. The number of hydrogen-bond acceptors (Lipinski definition) is 4. The van der Waals surface area contributed by atoms with E-state index in [-0.39, 0.29) is 11.1 Å². The number of rotatable bonds is 3. The summed E-state index contributed by atoms with van der Waals surface area (Å²) in [4.78, 5) is 22.8. The second kappa shape index (κ2) is 5.20. The molecule has 1 aromatic carbocycles. The predicted octanol–water partition coefficient (Wildman–Crippen LogP) is 0.207. The van der Waals surface area contributed by atoms with Gasteiger partial charge >= 0.3 is 0 Å². The van der Waals surface area contributed by atoms with E-state index in [1.807, 2.05) is 0 Å². The molecule has 1 aromatic rings. The van der Waals surface area contributed by atoms with E-state index in [0.717, 1.165) is 0 Å². The van der Waals surface area contributed by atoms with Crippen molar-refractivity contribution in [1.29, 1.82) is 0 Å². The minimum Gasteiger partial charge on any atom is -0.504 e. The first-order valence-electron chi connectivity index (χ1n) is 5.08. The van der Waals surface area contributed by atoms with Crippen molar-refractivity contribution >= 4 is 11.8 Å². The van der Waals surface area contributed by atoms with E-state index in [2.05, 4.69) is 10.6 Å². The van der Waals surface area contributed by atoms with Crippen LogP contribution < -0.4 is 10.6 Å². The Bertz CT molecular complexity index is 457. The molecule has 6 heteroatoms. The summed E-state index contributed by atoms with van der Waals surface area (Å²) in [6.07, 6.45) is 0.